The first-order valence-electron chi connectivity index (χ1n) is 42.6. The van der Waals surface area contributed by atoms with Crippen molar-refractivity contribution in [3.05, 3.63) is 419 Å². The van der Waals surface area contributed by atoms with E-state index in [9.17, 15) is 0 Å². The molecular weight excluding hydrogens is 1540 g/mol. The van der Waals surface area contributed by atoms with E-state index in [1.807, 2.05) is 60.8 Å². The molecule has 0 unspecified atom stereocenters. The van der Waals surface area contributed by atoms with E-state index < -0.39 is 0 Å². The molecule has 0 aliphatic carbocycles. The summed E-state index contributed by atoms with van der Waals surface area (Å²) < 4.78 is 27.1. The van der Waals surface area contributed by atoms with Crippen molar-refractivity contribution < 1.29 is 13.3 Å². The topological polar surface area (TPSA) is 106 Å². The van der Waals surface area contributed by atoms with Crippen LogP contribution in [0.4, 0.5) is 0 Å². The molecule has 0 bridgehead atoms. The summed E-state index contributed by atoms with van der Waals surface area (Å²) in [6.45, 7) is 0. The summed E-state index contributed by atoms with van der Waals surface area (Å²) in [5.41, 5.74) is 24.5. The number of para-hydroxylation sites is 8. The van der Waals surface area contributed by atoms with E-state index >= 15 is 0 Å². The zero-order valence-electron chi connectivity index (χ0n) is 67.7. The van der Waals surface area contributed by atoms with Gasteiger partial charge in [-0.15, -0.1) is 0 Å². The Balaban J connectivity index is 0.000000101. The van der Waals surface area contributed by atoms with Gasteiger partial charge in [-0.3, -0.25) is 4.98 Å². The molecule has 9 heterocycles. The van der Waals surface area contributed by atoms with Crippen molar-refractivity contribution in [2.75, 3.05) is 0 Å². The molecule has 9 aromatic heterocycles. The molecule has 126 heavy (non-hydrogen) atoms. The van der Waals surface area contributed by atoms with E-state index in [1.165, 1.54) is 80.8 Å². The Labute approximate surface area is 719 Å². The number of hydrogen-bond acceptors (Lipinski definition) is 7. The van der Waals surface area contributed by atoms with E-state index in [2.05, 4.69) is 372 Å². The highest BCUT2D eigenvalue weighted by Crippen LogP contribution is 2.51. The molecular formula is C116H69N7O3. The van der Waals surface area contributed by atoms with Crippen LogP contribution in [-0.2, 0) is 0 Å². The first kappa shape index (κ1) is 70.7. The van der Waals surface area contributed by atoms with Crippen LogP contribution in [0.1, 0.15) is 0 Å². The van der Waals surface area contributed by atoms with E-state index in [0.29, 0.717) is 5.82 Å². The van der Waals surface area contributed by atoms with Crippen molar-refractivity contribution in [1.29, 1.82) is 0 Å². The first-order valence-corrected chi connectivity index (χ1v) is 42.6. The van der Waals surface area contributed by atoms with Crippen LogP contribution < -0.4 is 0 Å². The lowest BCUT2D eigenvalue weighted by Gasteiger charge is -2.12. The van der Waals surface area contributed by atoms with Crippen LogP contribution in [-0.4, -0.2) is 33.6 Å². The third kappa shape index (κ3) is 11.0. The molecule has 28 rings (SSSR count). The molecule has 10 heteroatoms. The molecule has 0 aliphatic rings. The lowest BCUT2D eigenvalue weighted by Crippen LogP contribution is -1.97. The summed E-state index contributed by atoms with van der Waals surface area (Å²) in [6.07, 6.45) is 1.95. The van der Waals surface area contributed by atoms with Crippen LogP contribution in [0.5, 0.6) is 0 Å². The second kappa shape index (κ2) is 28.3. The highest BCUT2D eigenvalue weighted by molar-refractivity contribution is 6.38. The highest BCUT2D eigenvalue weighted by atomic mass is 16.3. The van der Waals surface area contributed by atoms with Crippen molar-refractivity contribution in [3.63, 3.8) is 0 Å². The minimum Gasteiger partial charge on any atom is -0.454 e. The van der Waals surface area contributed by atoms with Crippen LogP contribution in [0.15, 0.2) is 432 Å². The van der Waals surface area contributed by atoms with Gasteiger partial charge in [0, 0.05) is 126 Å². The fourth-order valence-electron chi connectivity index (χ4n) is 20.0. The summed E-state index contributed by atoms with van der Waals surface area (Å²) in [6, 6.07) is 145. The lowest BCUT2D eigenvalue weighted by atomic mass is 9.99. The van der Waals surface area contributed by atoms with Gasteiger partial charge in [-0.05, 0) is 147 Å². The zero-order valence-corrected chi connectivity index (χ0v) is 67.7. The van der Waals surface area contributed by atoms with Gasteiger partial charge in [0.1, 0.15) is 16.7 Å². The number of fused-ring (bicyclic) bond motifs is 33. The number of furan rings is 3. The maximum atomic E-state index is 6.71. The Morgan fingerprint density at radius 3 is 1.00 bits per heavy atom. The Bertz CT molecular complexity index is 9010. The van der Waals surface area contributed by atoms with Gasteiger partial charge in [-0.25, -0.2) is 15.0 Å². The van der Waals surface area contributed by atoms with Crippen LogP contribution >= 0.6 is 0 Å². The third-order valence-corrected chi connectivity index (χ3v) is 25.6. The summed E-state index contributed by atoms with van der Waals surface area (Å²) in [4.78, 5) is 19.8. The van der Waals surface area contributed by atoms with Crippen molar-refractivity contribution in [2.24, 2.45) is 0 Å². The molecule has 0 radical (unpaired) electrons. The maximum Gasteiger partial charge on any atom is 0.160 e. The predicted molar refractivity (Wildman–Crippen MR) is 522 cm³/mol. The summed E-state index contributed by atoms with van der Waals surface area (Å²) >= 11 is 0. The van der Waals surface area contributed by atoms with Crippen molar-refractivity contribution in [3.8, 4) is 62.2 Å². The molecule has 0 aliphatic heterocycles. The van der Waals surface area contributed by atoms with Gasteiger partial charge in [-0.2, -0.15) is 0 Å². The van der Waals surface area contributed by atoms with Crippen LogP contribution in [0, 0.1) is 0 Å². The summed E-state index contributed by atoms with van der Waals surface area (Å²) in [7, 11) is 0. The number of pyridine rings is 2. The van der Waals surface area contributed by atoms with Gasteiger partial charge in [0.2, 0.25) is 0 Å². The monoisotopic (exact) mass is 1610 g/mol. The smallest absolute Gasteiger partial charge is 0.160 e. The van der Waals surface area contributed by atoms with Crippen LogP contribution in [0.3, 0.4) is 0 Å². The minimum absolute atomic E-state index is 0.706. The van der Waals surface area contributed by atoms with E-state index in [-0.39, 0.29) is 0 Å². The Hall–Kier alpha value is -17.1. The number of rotatable bonds is 7. The predicted octanol–water partition coefficient (Wildman–Crippen LogP) is 31.2. The molecule has 0 spiro atoms. The Kier molecular flexibility index (Phi) is 15.9. The van der Waals surface area contributed by atoms with Crippen LogP contribution in [0.2, 0.25) is 0 Å². The largest absolute Gasteiger partial charge is 0.454 e. The van der Waals surface area contributed by atoms with Gasteiger partial charge >= 0.3 is 0 Å². The van der Waals surface area contributed by atoms with Crippen molar-refractivity contribution >= 4 is 196 Å². The molecule has 0 saturated carbocycles. The van der Waals surface area contributed by atoms with E-state index in [4.69, 9.17) is 33.2 Å². The number of aromatic nitrogens is 7. The van der Waals surface area contributed by atoms with E-state index in [1.54, 1.807) is 0 Å². The standard InChI is InChI=1S/C42H25N3O.2C37H22N2O/c1-2-12-26(13-3-1)39-31-16-6-9-19-34(31)43-42(44-39)27-22-24-28(25-23-27)45-35-20-10-7-17-32(35)37-29-14-4-5-15-30(29)38-33-18-8-11-21-36(33)46-41(38)40(37)45;1-6-14-30-23(9-1)19-22-31(38-30)24-17-20-25(21-18-24)39-32-15-7-4-12-28(32)34-26-10-2-3-11-27(26)35-29-13-5-8-16-33(29)40-37(35)36(34)39;1-2-10-25-22-38-31(21-24(25)9-1)23-17-19-26(20-18-23)39-32-15-7-5-13-29(32)34-27-11-3-4-12-28(27)35-30-14-6-8-16-33(30)40-37(35)36(34)39/h1-25H;2*1-22H. The third-order valence-electron chi connectivity index (χ3n) is 25.6. The average molecular weight is 1610 g/mol. The molecule has 10 nitrogen and oxygen atoms in total. The molecule has 586 valence electrons. The van der Waals surface area contributed by atoms with Gasteiger partial charge < -0.3 is 27.0 Å². The van der Waals surface area contributed by atoms with Gasteiger partial charge in [-0.1, -0.05) is 303 Å². The highest BCUT2D eigenvalue weighted by Gasteiger charge is 2.28. The lowest BCUT2D eigenvalue weighted by molar-refractivity contribution is 0.671. The Morgan fingerprint density at radius 2 is 0.548 bits per heavy atom. The van der Waals surface area contributed by atoms with Gasteiger partial charge in [0.15, 0.2) is 22.6 Å². The van der Waals surface area contributed by atoms with Crippen molar-refractivity contribution in [1.82, 2.24) is 33.6 Å². The van der Waals surface area contributed by atoms with E-state index in [0.717, 1.165) is 172 Å². The summed E-state index contributed by atoms with van der Waals surface area (Å²) in [5.74, 6) is 0.706. The minimum atomic E-state index is 0.706. The molecule has 19 aromatic carbocycles. The molecule has 0 fully saturated rings. The fraction of sp³-hybridized carbons (Fsp3) is 0. The maximum absolute atomic E-state index is 6.71. The van der Waals surface area contributed by atoms with Gasteiger partial charge in [0.05, 0.1) is 61.2 Å². The second-order valence-corrected chi connectivity index (χ2v) is 32.5. The zero-order chi connectivity index (χ0) is 82.6. The van der Waals surface area contributed by atoms with Crippen molar-refractivity contribution in [2.45, 2.75) is 0 Å². The average Bonchev–Trinajstić information content (AvgIpc) is 1.55. The fourth-order valence-corrected chi connectivity index (χ4v) is 20.0. The summed E-state index contributed by atoms with van der Waals surface area (Å²) in [5, 5.41) is 26.1. The quantitative estimate of drug-likeness (QED) is 0.156. The van der Waals surface area contributed by atoms with Gasteiger partial charge in [0.25, 0.3) is 0 Å². The normalized spacial score (nSPS) is 12.0. The van der Waals surface area contributed by atoms with Crippen LogP contribution in [0.25, 0.3) is 258 Å². The molecule has 0 atom stereocenters. The molecule has 0 N–H and O–H groups in total. The second-order valence-electron chi connectivity index (χ2n) is 32.5. The molecule has 0 saturated heterocycles. The number of hydrogen-bond donors (Lipinski definition) is 0. The first-order chi connectivity index (χ1) is 62.5. The Morgan fingerprint density at radius 1 is 0.206 bits per heavy atom. The SMILES string of the molecule is c1ccc(-c2nc(-c3ccc(-n4c5ccccc5c5c6ccccc6c6c7ccccc7oc6c54)cc3)nc3ccccc23)cc1.c1ccc2cc(-c3ccc(-n4c5ccccc5c5c6ccccc6c6c7ccccc7oc6c54)cc3)ncc2c1.c1ccc2nc(-c3ccc(-n4c5ccccc5c5c6ccccc6c6c7ccccc7oc6c54)cc3)ccc2c1. The number of nitrogens with zero attached hydrogens (tertiary/aromatic N) is 7. The number of benzene rings is 19. The molecule has 0 amide bonds. The molecule has 28 aromatic rings.